The Morgan fingerprint density at radius 1 is 1.10 bits per heavy atom. The van der Waals surface area contributed by atoms with Gasteiger partial charge in [-0.25, -0.2) is 9.37 Å². The van der Waals surface area contributed by atoms with E-state index in [0.717, 1.165) is 28.1 Å². The highest BCUT2D eigenvalue weighted by molar-refractivity contribution is 5.99. The van der Waals surface area contributed by atoms with Crippen molar-refractivity contribution in [1.29, 1.82) is 0 Å². The van der Waals surface area contributed by atoms with E-state index in [2.05, 4.69) is 5.10 Å². The quantitative estimate of drug-likeness (QED) is 0.424. The predicted octanol–water partition coefficient (Wildman–Crippen LogP) is 3.80. The second-order valence-electron chi connectivity index (χ2n) is 10.3. The van der Waals surface area contributed by atoms with Gasteiger partial charge in [0.1, 0.15) is 17.1 Å². The Morgan fingerprint density at radius 3 is 2.54 bits per heavy atom. The third-order valence-corrected chi connectivity index (χ3v) is 7.97. The van der Waals surface area contributed by atoms with Crippen molar-refractivity contribution in [1.82, 2.24) is 24.2 Å². The van der Waals surface area contributed by atoms with Crippen LogP contribution in [0.25, 0.3) is 33.8 Å². The van der Waals surface area contributed by atoms with E-state index in [9.17, 15) is 14.0 Å². The number of amides is 2. The summed E-state index contributed by atoms with van der Waals surface area (Å²) in [6.45, 7) is 2.64. The van der Waals surface area contributed by atoms with E-state index in [1.165, 1.54) is 12.1 Å². The summed E-state index contributed by atoms with van der Waals surface area (Å²) in [6.07, 6.45) is 3.70. The first-order valence-electron chi connectivity index (χ1n) is 12.9. The molecule has 0 aliphatic carbocycles. The molecule has 39 heavy (non-hydrogen) atoms. The molecule has 1 saturated heterocycles. The maximum Gasteiger partial charge on any atom is 0.290 e. The average Bonchev–Trinajstić information content (AvgIpc) is 3.65. The normalized spacial score (nSPS) is 18.1. The molecular formula is C29H29FN6O3. The zero-order chi connectivity index (χ0) is 27.5. The summed E-state index contributed by atoms with van der Waals surface area (Å²) >= 11 is 0. The number of benzene rings is 2. The van der Waals surface area contributed by atoms with Crippen molar-refractivity contribution in [3.8, 4) is 39.5 Å². The Morgan fingerprint density at radius 2 is 1.87 bits per heavy atom. The van der Waals surface area contributed by atoms with Crippen LogP contribution in [0, 0.1) is 5.82 Å². The third-order valence-electron chi connectivity index (χ3n) is 7.97. The molecule has 10 heteroatoms. The SMILES string of the molecule is COc1cc2c(cc1-c1ccn(C)n1)-c1c(-c3ccc(F)cc3)nc(C(=O)N3CCC[C@]3(C)C(N)=O)n1CC2. The van der Waals surface area contributed by atoms with Gasteiger partial charge in [-0.15, -0.1) is 0 Å². The van der Waals surface area contributed by atoms with Crippen molar-refractivity contribution in [2.75, 3.05) is 13.7 Å². The van der Waals surface area contributed by atoms with Gasteiger partial charge in [-0.05, 0) is 74.2 Å². The van der Waals surface area contributed by atoms with E-state index >= 15 is 0 Å². The number of rotatable bonds is 5. The van der Waals surface area contributed by atoms with E-state index in [1.54, 1.807) is 35.7 Å². The van der Waals surface area contributed by atoms with Crippen molar-refractivity contribution in [2.24, 2.45) is 12.8 Å². The minimum Gasteiger partial charge on any atom is -0.496 e. The number of methoxy groups -OCH3 is 1. The molecule has 9 nitrogen and oxygen atoms in total. The molecular weight excluding hydrogens is 499 g/mol. The largest absolute Gasteiger partial charge is 0.496 e. The van der Waals surface area contributed by atoms with Gasteiger partial charge in [0.05, 0.1) is 24.2 Å². The van der Waals surface area contributed by atoms with Gasteiger partial charge in [0.25, 0.3) is 5.91 Å². The Hall–Kier alpha value is -4.47. The monoisotopic (exact) mass is 528 g/mol. The Labute approximate surface area is 225 Å². The van der Waals surface area contributed by atoms with Crippen LogP contribution < -0.4 is 10.5 Å². The number of halogens is 1. The van der Waals surface area contributed by atoms with Crippen LogP contribution in [0.4, 0.5) is 4.39 Å². The minimum absolute atomic E-state index is 0.236. The molecule has 4 heterocycles. The number of carbonyl (C=O) groups is 2. The second kappa shape index (κ2) is 9.07. The van der Waals surface area contributed by atoms with Crippen LogP contribution in [-0.4, -0.2) is 55.2 Å². The zero-order valence-corrected chi connectivity index (χ0v) is 22.1. The molecule has 0 saturated carbocycles. The summed E-state index contributed by atoms with van der Waals surface area (Å²) in [6, 6.07) is 12.0. The van der Waals surface area contributed by atoms with Crippen molar-refractivity contribution in [3.05, 3.63) is 65.9 Å². The van der Waals surface area contributed by atoms with Crippen LogP contribution in [0.5, 0.6) is 5.75 Å². The third kappa shape index (κ3) is 3.89. The number of carbonyl (C=O) groups excluding carboxylic acids is 2. The first-order chi connectivity index (χ1) is 18.7. The first-order valence-corrected chi connectivity index (χ1v) is 12.9. The summed E-state index contributed by atoms with van der Waals surface area (Å²) in [7, 11) is 3.49. The van der Waals surface area contributed by atoms with Crippen LogP contribution in [0.15, 0.2) is 48.7 Å². The number of nitrogens with zero attached hydrogens (tertiary/aromatic N) is 5. The van der Waals surface area contributed by atoms with E-state index in [-0.39, 0.29) is 17.5 Å². The molecule has 2 aliphatic rings. The fourth-order valence-electron chi connectivity index (χ4n) is 5.79. The zero-order valence-electron chi connectivity index (χ0n) is 22.1. The lowest BCUT2D eigenvalue weighted by Crippen LogP contribution is -2.54. The molecule has 2 aromatic heterocycles. The standard InChI is InChI=1S/C29H29FN6O3/c1-29(28(31)38)11-4-12-36(29)27(37)26-32-24(17-5-7-19(30)8-6-17)25-20-16-21(22-10-13-34(2)33-22)23(39-3)15-18(20)9-14-35(25)26/h5-8,10,13,15-16H,4,9,11-12,14H2,1-3H3,(H2,31,38)/t29-/m1/s1. The molecule has 1 fully saturated rings. The number of hydrogen-bond acceptors (Lipinski definition) is 5. The average molecular weight is 529 g/mol. The Bertz CT molecular complexity index is 1620. The summed E-state index contributed by atoms with van der Waals surface area (Å²) in [5.41, 5.74) is 10.2. The Kier molecular flexibility index (Phi) is 5.78. The summed E-state index contributed by atoms with van der Waals surface area (Å²) in [5, 5.41) is 4.57. The van der Waals surface area contributed by atoms with E-state index in [4.69, 9.17) is 15.5 Å². The van der Waals surface area contributed by atoms with Crippen LogP contribution in [0.2, 0.25) is 0 Å². The topological polar surface area (TPSA) is 108 Å². The van der Waals surface area contributed by atoms with Gasteiger partial charge in [-0.2, -0.15) is 5.10 Å². The molecule has 0 spiro atoms. The van der Waals surface area contributed by atoms with Crippen LogP contribution in [0.1, 0.15) is 35.9 Å². The second-order valence-corrected chi connectivity index (χ2v) is 10.3. The predicted molar refractivity (Wildman–Crippen MR) is 143 cm³/mol. The maximum atomic E-state index is 14.0. The van der Waals surface area contributed by atoms with Gasteiger partial charge in [-0.1, -0.05) is 0 Å². The summed E-state index contributed by atoms with van der Waals surface area (Å²) in [5.74, 6) is -0.297. The molecule has 6 rings (SSSR count). The summed E-state index contributed by atoms with van der Waals surface area (Å²) in [4.78, 5) is 32.7. The molecule has 2 N–H and O–H groups in total. The molecule has 0 radical (unpaired) electrons. The lowest BCUT2D eigenvalue weighted by atomic mass is 9.92. The molecule has 0 bridgehead atoms. The van der Waals surface area contributed by atoms with Crippen LogP contribution in [0.3, 0.4) is 0 Å². The Balaban J connectivity index is 1.57. The number of hydrogen-bond donors (Lipinski definition) is 1. The molecule has 0 unspecified atom stereocenters. The van der Waals surface area contributed by atoms with Crippen molar-refractivity contribution in [3.63, 3.8) is 0 Å². The first kappa shape index (κ1) is 24.8. The fourth-order valence-corrected chi connectivity index (χ4v) is 5.79. The fraction of sp³-hybridized carbons (Fsp3) is 0.310. The van der Waals surface area contributed by atoms with E-state index in [0.29, 0.717) is 49.4 Å². The van der Waals surface area contributed by atoms with Gasteiger partial charge < -0.3 is 19.9 Å². The molecule has 4 aromatic rings. The van der Waals surface area contributed by atoms with Crippen molar-refractivity contribution < 1.29 is 18.7 Å². The van der Waals surface area contributed by atoms with Gasteiger partial charge >= 0.3 is 0 Å². The number of nitrogens with two attached hydrogens (primary N) is 1. The highest BCUT2D eigenvalue weighted by Gasteiger charge is 2.46. The van der Waals surface area contributed by atoms with E-state index < -0.39 is 11.4 Å². The highest BCUT2D eigenvalue weighted by Crippen LogP contribution is 2.43. The number of ether oxygens (including phenoxy) is 1. The van der Waals surface area contributed by atoms with Gasteiger partial charge in [0.2, 0.25) is 5.91 Å². The van der Waals surface area contributed by atoms with Crippen LogP contribution >= 0.6 is 0 Å². The summed E-state index contributed by atoms with van der Waals surface area (Å²) < 4.78 is 23.2. The lowest BCUT2D eigenvalue weighted by molar-refractivity contribution is -0.126. The van der Waals surface area contributed by atoms with Crippen molar-refractivity contribution >= 4 is 11.8 Å². The minimum atomic E-state index is -1.08. The van der Waals surface area contributed by atoms with Crippen molar-refractivity contribution in [2.45, 2.75) is 38.3 Å². The molecule has 2 aromatic carbocycles. The molecule has 200 valence electrons. The lowest BCUT2D eigenvalue weighted by Gasteiger charge is -2.32. The number of aryl methyl sites for hydroxylation is 2. The highest BCUT2D eigenvalue weighted by atomic mass is 19.1. The number of fused-ring (bicyclic) bond motifs is 3. The maximum absolute atomic E-state index is 14.0. The number of primary amides is 1. The number of likely N-dealkylation sites (tertiary alicyclic amines) is 1. The van der Waals surface area contributed by atoms with Gasteiger partial charge in [0, 0.05) is 43.0 Å². The van der Waals surface area contributed by atoms with Crippen LogP contribution in [-0.2, 0) is 24.8 Å². The molecule has 2 aliphatic heterocycles. The number of aromatic nitrogens is 4. The van der Waals surface area contributed by atoms with Gasteiger partial charge in [-0.3, -0.25) is 14.3 Å². The molecule has 2 amide bonds. The molecule has 1 atom stereocenters. The number of imidazole rings is 1. The van der Waals surface area contributed by atoms with E-state index in [1.807, 2.05) is 36.0 Å². The smallest absolute Gasteiger partial charge is 0.290 e. The van der Waals surface area contributed by atoms with Gasteiger partial charge in [0.15, 0.2) is 5.82 Å².